The number of carbonyl (C=O) groups excluding carboxylic acids is 1. The number of allylic oxidation sites excluding steroid dienone is 1. The van der Waals surface area contributed by atoms with Crippen LogP contribution in [0, 0.1) is 0 Å². The van der Waals surface area contributed by atoms with Crippen LogP contribution in [0.4, 0.5) is 0 Å². The first-order valence-corrected chi connectivity index (χ1v) is 10.0. The SMILES string of the molecule is C=CCn1c(SCc2ccc(C(=O)OC)cc2)nnc1-c1ccc(Br)cc1. The van der Waals surface area contributed by atoms with Crippen LogP contribution >= 0.6 is 27.7 Å². The molecule has 0 saturated heterocycles. The zero-order chi connectivity index (χ0) is 19.2. The van der Waals surface area contributed by atoms with Crippen LogP contribution in [0.5, 0.6) is 0 Å². The second-order valence-corrected chi connectivity index (χ2v) is 7.55. The first-order chi connectivity index (χ1) is 13.1. The van der Waals surface area contributed by atoms with E-state index in [1.807, 2.05) is 47.0 Å². The maximum Gasteiger partial charge on any atom is 0.337 e. The number of aromatic nitrogens is 3. The van der Waals surface area contributed by atoms with Gasteiger partial charge in [0.25, 0.3) is 0 Å². The van der Waals surface area contributed by atoms with Gasteiger partial charge >= 0.3 is 5.97 Å². The summed E-state index contributed by atoms with van der Waals surface area (Å²) in [5.74, 6) is 1.20. The lowest BCUT2D eigenvalue weighted by Crippen LogP contribution is -2.01. The number of methoxy groups -OCH3 is 1. The summed E-state index contributed by atoms with van der Waals surface area (Å²) in [4.78, 5) is 11.5. The minimum atomic E-state index is -0.334. The summed E-state index contributed by atoms with van der Waals surface area (Å²) in [6.07, 6.45) is 1.83. The molecule has 0 aliphatic carbocycles. The summed E-state index contributed by atoms with van der Waals surface area (Å²) in [5.41, 5.74) is 2.63. The second kappa shape index (κ2) is 9.01. The summed E-state index contributed by atoms with van der Waals surface area (Å²) in [6.45, 7) is 4.47. The highest BCUT2D eigenvalue weighted by molar-refractivity contribution is 9.10. The van der Waals surface area contributed by atoms with E-state index in [1.165, 1.54) is 7.11 Å². The minimum absolute atomic E-state index is 0.334. The average Bonchev–Trinajstić information content (AvgIpc) is 3.09. The molecule has 5 nitrogen and oxygen atoms in total. The molecule has 0 aliphatic rings. The van der Waals surface area contributed by atoms with E-state index in [2.05, 4.69) is 32.7 Å². The first-order valence-electron chi connectivity index (χ1n) is 8.22. The molecule has 27 heavy (non-hydrogen) atoms. The molecule has 0 N–H and O–H groups in total. The molecule has 0 fully saturated rings. The van der Waals surface area contributed by atoms with Crippen LogP contribution in [0.15, 0.2) is 70.8 Å². The lowest BCUT2D eigenvalue weighted by molar-refractivity contribution is 0.0600. The first kappa shape index (κ1) is 19.4. The molecular formula is C20H18BrN3O2S. The van der Waals surface area contributed by atoms with Crippen molar-refractivity contribution < 1.29 is 9.53 Å². The van der Waals surface area contributed by atoms with Crippen molar-refractivity contribution in [3.8, 4) is 11.4 Å². The van der Waals surface area contributed by atoms with Crippen LogP contribution in [-0.2, 0) is 17.0 Å². The Morgan fingerprint density at radius 2 is 1.89 bits per heavy atom. The molecule has 7 heteroatoms. The molecule has 138 valence electrons. The molecule has 1 aromatic heterocycles. The number of esters is 1. The zero-order valence-electron chi connectivity index (χ0n) is 14.8. The predicted molar refractivity (Wildman–Crippen MR) is 111 cm³/mol. The topological polar surface area (TPSA) is 57.0 Å². The summed E-state index contributed by atoms with van der Waals surface area (Å²) in [6, 6.07) is 15.4. The number of hydrogen-bond acceptors (Lipinski definition) is 5. The maximum absolute atomic E-state index is 11.5. The molecule has 3 rings (SSSR count). The van der Waals surface area contributed by atoms with Gasteiger partial charge in [0.1, 0.15) is 0 Å². The van der Waals surface area contributed by atoms with Gasteiger partial charge in [0.05, 0.1) is 12.7 Å². The van der Waals surface area contributed by atoms with Gasteiger partial charge < -0.3 is 4.74 Å². The van der Waals surface area contributed by atoms with E-state index in [0.717, 1.165) is 32.3 Å². The lowest BCUT2D eigenvalue weighted by Gasteiger charge is -2.08. The van der Waals surface area contributed by atoms with Gasteiger partial charge in [-0.2, -0.15) is 0 Å². The Labute approximate surface area is 170 Å². The zero-order valence-corrected chi connectivity index (χ0v) is 17.2. The number of nitrogens with zero attached hydrogens (tertiary/aromatic N) is 3. The van der Waals surface area contributed by atoms with E-state index in [4.69, 9.17) is 4.74 Å². The Hall–Kier alpha value is -2.38. The Morgan fingerprint density at radius 1 is 1.19 bits per heavy atom. The predicted octanol–water partition coefficient (Wildman–Crippen LogP) is 4.97. The van der Waals surface area contributed by atoms with E-state index < -0.39 is 0 Å². The molecule has 1 heterocycles. The average molecular weight is 444 g/mol. The standard InChI is InChI=1S/C20H18BrN3O2S/c1-3-12-24-18(15-8-10-17(21)11-9-15)22-23-20(24)27-13-14-4-6-16(7-5-14)19(25)26-2/h3-11H,1,12-13H2,2H3. The van der Waals surface area contributed by atoms with Crippen molar-refractivity contribution >= 4 is 33.7 Å². The fourth-order valence-electron chi connectivity index (χ4n) is 2.50. The van der Waals surface area contributed by atoms with E-state index in [9.17, 15) is 4.79 Å². The summed E-state index contributed by atoms with van der Waals surface area (Å²) in [5, 5.41) is 9.54. The third kappa shape index (κ3) is 4.67. The highest BCUT2D eigenvalue weighted by Gasteiger charge is 2.14. The smallest absolute Gasteiger partial charge is 0.337 e. The van der Waals surface area contributed by atoms with Gasteiger partial charge in [-0.15, -0.1) is 16.8 Å². The van der Waals surface area contributed by atoms with Gasteiger partial charge in [-0.1, -0.05) is 58.0 Å². The number of benzene rings is 2. The van der Waals surface area contributed by atoms with Gasteiger partial charge in [-0.05, 0) is 29.8 Å². The number of hydrogen-bond donors (Lipinski definition) is 0. The summed E-state index contributed by atoms with van der Waals surface area (Å²) in [7, 11) is 1.38. The molecule has 0 atom stereocenters. The largest absolute Gasteiger partial charge is 0.465 e. The lowest BCUT2D eigenvalue weighted by atomic mass is 10.1. The maximum atomic E-state index is 11.5. The van der Waals surface area contributed by atoms with Crippen LogP contribution in [-0.4, -0.2) is 27.8 Å². The van der Waals surface area contributed by atoms with Gasteiger partial charge in [-0.3, -0.25) is 4.57 Å². The third-order valence-electron chi connectivity index (χ3n) is 3.87. The van der Waals surface area contributed by atoms with Crippen molar-refractivity contribution in [3.63, 3.8) is 0 Å². The Bertz CT molecular complexity index is 937. The summed E-state index contributed by atoms with van der Waals surface area (Å²) >= 11 is 5.04. The van der Waals surface area contributed by atoms with Crippen molar-refractivity contribution in [2.75, 3.05) is 7.11 Å². The molecule has 0 amide bonds. The fraction of sp³-hybridized carbons (Fsp3) is 0.150. The summed E-state index contributed by atoms with van der Waals surface area (Å²) < 4.78 is 7.79. The van der Waals surface area contributed by atoms with Gasteiger partial charge in [0.2, 0.25) is 0 Å². The Balaban J connectivity index is 1.77. The van der Waals surface area contributed by atoms with Gasteiger partial charge in [0.15, 0.2) is 11.0 Å². The third-order valence-corrected chi connectivity index (χ3v) is 5.44. The number of ether oxygens (including phenoxy) is 1. The van der Waals surface area contributed by atoms with Crippen LogP contribution in [0.1, 0.15) is 15.9 Å². The van der Waals surface area contributed by atoms with E-state index in [1.54, 1.807) is 23.9 Å². The Morgan fingerprint density at radius 3 is 2.52 bits per heavy atom. The normalized spacial score (nSPS) is 10.6. The molecule has 0 spiro atoms. The number of thioether (sulfide) groups is 1. The molecular weight excluding hydrogens is 426 g/mol. The van der Waals surface area contributed by atoms with Crippen molar-refractivity contribution in [1.82, 2.24) is 14.8 Å². The molecule has 2 aromatic carbocycles. The van der Waals surface area contributed by atoms with Gasteiger partial charge in [-0.25, -0.2) is 4.79 Å². The number of rotatable bonds is 7. The molecule has 0 unspecified atom stereocenters. The van der Waals surface area contributed by atoms with E-state index >= 15 is 0 Å². The van der Waals surface area contributed by atoms with Crippen LogP contribution in [0.25, 0.3) is 11.4 Å². The van der Waals surface area contributed by atoms with Crippen molar-refractivity contribution in [2.24, 2.45) is 0 Å². The number of carbonyl (C=O) groups is 1. The molecule has 0 saturated carbocycles. The highest BCUT2D eigenvalue weighted by atomic mass is 79.9. The second-order valence-electron chi connectivity index (χ2n) is 5.69. The van der Waals surface area contributed by atoms with Crippen molar-refractivity contribution in [1.29, 1.82) is 0 Å². The van der Waals surface area contributed by atoms with E-state index in [-0.39, 0.29) is 5.97 Å². The van der Waals surface area contributed by atoms with Crippen molar-refractivity contribution in [2.45, 2.75) is 17.5 Å². The molecule has 0 radical (unpaired) electrons. The quantitative estimate of drug-likeness (QED) is 0.293. The Kier molecular flexibility index (Phi) is 6.47. The van der Waals surface area contributed by atoms with Crippen molar-refractivity contribution in [3.05, 3.63) is 76.8 Å². The molecule has 0 aliphatic heterocycles. The fourth-order valence-corrected chi connectivity index (χ4v) is 3.67. The minimum Gasteiger partial charge on any atom is -0.465 e. The highest BCUT2D eigenvalue weighted by Crippen LogP contribution is 2.27. The van der Waals surface area contributed by atoms with E-state index in [0.29, 0.717) is 12.1 Å². The van der Waals surface area contributed by atoms with Gasteiger partial charge in [0, 0.05) is 22.3 Å². The molecule has 3 aromatic rings. The number of halogens is 1. The van der Waals surface area contributed by atoms with Crippen LogP contribution < -0.4 is 0 Å². The van der Waals surface area contributed by atoms with Crippen LogP contribution in [0.2, 0.25) is 0 Å². The molecule has 0 bridgehead atoms. The van der Waals surface area contributed by atoms with Crippen LogP contribution in [0.3, 0.4) is 0 Å². The monoisotopic (exact) mass is 443 g/mol.